The van der Waals surface area contributed by atoms with Gasteiger partial charge in [-0.1, -0.05) is 25.1 Å². The molecule has 1 unspecified atom stereocenters. The summed E-state index contributed by atoms with van der Waals surface area (Å²) in [6.45, 7) is 3.89. The van der Waals surface area contributed by atoms with Crippen LogP contribution in [-0.2, 0) is 6.42 Å². The number of hydrogen-bond acceptors (Lipinski definition) is 4. The van der Waals surface area contributed by atoms with Crippen LogP contribution in [0.1, 0.15) is 37.2 Å². The maximum Gasteiger partial charge on any atom is 0.231 e. The van der Waals surface area contributed by atoms with E-state index in [4.69, 9.17) is 10.3 Å². The van der Waals surface area contributed by atoms with Crippen molar-refractivity contribution < 1.29 is 13.3 Å². The van der Waals surface area contributed by atoms with Gasteiger partial charge >= 0.3 is 0 Å². The van der Waals surface area contributed by atoms with Gasteiger partial charge in [0.05, 0.1) is 12.5 Å². The Balaban J connectivity index is 2.16. The Bertz CT molecular complexity index is 569. The van der Waals surface area contributed by atoms with Gasteiger partial charge in [0.1, 0.15) is 11.6 Å². The van der Waals surface area contributed by atoms with Crippen molar-refractivity contribution in [2.45, 2.75) is 26.3 Å². The molecule has 2 N–H and O–H groups in total. The molecule has 1 heterocycles. The number of hydrogen-bond donors (Lipinski definition) is 1. The second kappa shape index (κ2) is 5.44. The van der Waals surface area contributed by atoms with Gasteiger partial charge in [0, 0.05) is 6.07 Å². The van der Waals surface area contributed by atoms with Gasteiger partial charge in [-0.05, 0) is 17.5 Å². The van der Waals surface area contributed by atoms with E-state index in [0.717, 1.165) is 6.07 Å². The van der Waals surface area contributed by atoms with Crippen molar-refractivity contribution in [3.05, 3.63) is 47.1 Å². The Hall–Kier alpha value is -1.82. The third kappa shape index (κ3) is 3.14. The molecule has 0 aliphatic carbocycles. The lowest BCUT2D eigenvalue weighted by atomic mass is 10.1. The number of nitrogens with two attached hydrogens (primary N) is 1. The number of aromatic nitrogens is 2. The molecular weight excluding hydrogens is 252 g/mol. The van der Waals surface area contributed by atoms with Gasteiger partial charge < -0.3 is 10.3 Å². The summed E-state index contributed by atoms with van der Waals surface area (Å²) in [5, 5.41) is 3.77. The van der Waals surface area contributed by atoms with Crippen LogP contribution in [0.2, 0.25) is 0 Å². The molecule has 19 heavy (non-hydrogen) atoms. The fourth-order valence-electron chi connectivity index (χ4n) is 1.60. The molecule has 0 radical (unpaired) electrons. The largest absolute Gasteiger partial charge is 0.339 e. The summed E-state index contributed by atoms with van der Waals surface area (Å²) < 4.78 is 31.3. The van der Waals surface area contributed by atoms with Gasteiger partial charge in [-0.25, -0.2) is 8.78 Å². The molecule has 0 aliphatic rings. The lowest BCUT2D eigenvalue weighted by Crippen LogP contribution is -2.18. The van der Waals surface area contributed by atoms with Gasteiger partial charge in [-0.2, -0.15) is 4.98 Å². The third-order valence-corrected chi connectivity index (χ3v) is 2.86. The summed E-state index contributed by atoms with van der Waals surface area (Å²) in [7, 11) is 0. The van der Waals surface area contributed by atoms with Crippen molar-refractivity contribution in [2.24, 2.45) is 11.7 Å². The lowest BCUT2D eigenvalue weighted by molar-refractivity contribution is 0.367. The summed E-state index contributed by atoms with van der Waals surface area (Å²) in [5.41, 5.74) is 6.19. The minimum Gasteiger partial charge on any atom is -0.339 e. The first-order chi connectivity index (χ1) is 8.97. The van der Waals surface area contributed by atoms with Gasteiger partial charge in [0.25, 0.3) is 0 Å². The zero-order chi connectivity index (χ0) is 14.0. The van der Waals surface area contributed by atoms with Crippen molar-refractivity contribution in [1.82, 2.24) is 10.1 Å². The van der Waals surface area contributed by atoms with Gasteiger partial charge in [-0.15, -0.1) is 0 Å². The highest BCUT2D eigenvalue weighted by Gasteiger charge is 2.18. The molecule has 0 aliphatic heterocycles. The molecule has 102 valence electrons. The van der Waals surface area contributed by atoms with Crippen LogP contribution >= 0.6 is 0 Å². The first kappa shape index (κ1) is 13.6. The van der Waals surface area contributed by atoms with Crippen LogP contribution in [0.5, 0.6) is 0 Å². The van der Waals surface area contributed by atoms with Crippen molar-refractivity contribution in [2.75, 3.05) is 0 Å². The van der Waals surface area contributed by atoms with Crippen LogP contribution in [0, 0.1) is 17.6 Å². The molecule has 0 amide bonds. The minimum atomic E-state index is -0.632. The van der Waals surface area contributed by atoms with E-state index >= 15 is 0 Å². The first-order valence-corrected chi connectivity index (χ1v) is 5.99. The highest BCUT2D eigenvalue weighted by Crippen LogP contribution is 2.18. The van der Waals surface area contributed by atoms with Crippen molar-refractivity contribution in [1.29, 1.82) is 0 Å². The van der Waals surface area contributed by atoms with Crippen molar-refractivity contribution >= 4 is 0 Å². The predicted molar refractivity (Wildman–Crippen MR) is 65.2 cm³/mol. The van der Waals surface area contributed by atoms with Crippen LogP contribution in [0.4, 0.5) is 8.78 Å². The van der Waals surface area contributed by atoms with Gasteiger partial charge in [-0.3, -0.25) is 0 Å². The number of halogens is 2. The molecule has 0 fully saturated rings. The van der Waals surface area contributed by atoms with Crippen LogP contribution in [0.15, 0.2) is 22.7 Å². The van der Waals surface area contributed by atoms with E-state index in [-0.39, 0.29) is 24.3 Å². The molecule has 2 rings (SSSR count). The maximum absolute atomic E-state index is 13.5. The van der Waals surface area contributed by atoms with E-state index in [0.29, 0.717) is 11.4 Å². The molecule has 1 aromatic heterocycles. The molecule has 4 nitrogen and oxygen atoms in total. The molecular formula is C13H15F2N3O. The summed E-state index contributed by atoms with van der Waals surface area (Å²) in [6.07, 6.45) is 0.115. The highest BCUT2D eigenvalue weighted by molar-refractivity contribution is 5.21. The fourth-order valence-corrected chi connectivity index (χ4v) is 1.60. The number of benzene rings is 1. The lowest BCUT2D eigenvalue weighted by Gasteiger charge is -2.09. The van der Waals surface area contributed by atoms with E-state index in [1.165, 1.54) is 12.1 Å². The number of nitrogens with zero attached hydrogens (tertiary/aromatic N) is 2. The van der Waals surface area contributed by atoms with E-state index in [2.05, 4.69) is 10.1 Å². The van der Waals surface area contributed by atoms with E-state index in [1.54, 1.807) is 0 Å². The standard InChI is InChI=1S/C13H15F2N3O/c1-7(2)12(16)13-17-11(19-18-13)5-8-3-4-9(14)6-10(8)15/h3-4,6-7,12H,5,16H2,1-2H3. The Labute approximate surface area is 109 Å². The smallest absolute Gasteiger partial charge is 0.231 e. The topological polar surface area (TPSA) is 64.9 Å². The molecule has 0 saturated carbocycles. The Morgan fingerprint density at radius 1 is 1.32 bits per heavy atom. The van der Waals surface area contributed by atoms with E-state index < -0.39 is 11.6 Å². The molecule has 0 bridgehead atoms. The normalized spacial score (nSPS) is 12.9. The van der Waals surface area contributed by atoms with Crippen LogP contribution in [0.3, 0.4) is 0 Å². The molecule has 0 saturated heterocycles. The summed E-state index contributed by atoms with van der Waals surface area (Å²) in [4.78, 5) is 4.13. The van der Waals surface area contributed by atoms with Crippen molar-refractivity contribution in [3.63, 3.8) is 0 Å². The van der Waals surface area contributed by atoms with Crippen LogP contribution < -0.4 is 5.73 Å². The first-order valence-electron chi connectivity index (χ1n) is 5.99. The van der Waals surface area contributed by atoms with Crippen molar-refractivity contribution in [3.8, 4) is 0 Å². The fraction of sp³-hybridized carbons (Fsp3) is 0.385. The highest BCUT2D eigenvalue weighted by atomic mass is 19.1. The Morgan fingerprint density at radius 2 is 2.05 bits per heavy atom. The average Bonchev–Trinajstić information content (AvgIpc) is 2.80. The predicted octanol–water partition coefficient (Wildman–Crippen LogP) is 2.59. The summed E-state index contributed by atoms with van der Waals surface area (Å²) >= 11 is 0. The molecule has 0 spiro atoms. The third-order valence-electron chi connectivity index (χ3n) is 2.86. The molecule has 2 aromatic rings. The minimum absolute atomic E-state index is 0.115. The Morgan fingerprint density at radius 3 is 2.68 bits per heavy atom. The Kier molecular flexibility index (Phi) is 3.90. The summed E-state index contributed by atoms with van der Waals surface area (Å²) in [6, 6.07) is 3.05. The molecule has 1 aromatic carbocycles. The van der Waals surface area contributed by atoms with Crippen LogP contribution in [0.25, 0.3) is 0 Å². The molecule has 1 atom stereocenters. The zero-order valence-electron chi connectivity index (χ0n) is 10.7. The second-order valence-corrected chi connectivity index (χ2v) is 4.73. The monoisotopic (exact) mass is 267 g/mol. The number of rotatable bonds is 4. The average molecular weight is 267 g/mol. The summed E-state index contributed by atoms with van der Waals surface area (Å²) in [5.74, 6) is -0.417. The van der Waals surface area contributed by atoms with E-state index in [1.807, 2.05) is 13.8 Å². The molecule has 6 heteroatoms. The van der Waals surface area contributed by atoms with E-state index in [9.17, 15) is 8.78 Å². The van der Waals surface area contributed by atoms with Crippen LogP contribution in [-0.4, -0.2) is 10.1 Å². The van der Waals surface area contributed by atoms with Gasteiger partial charge in [0.15, 0.2) is 5.82 Å². The second-order valence-electron chi connectivity index (χ2n) is 4.73. The van der Waals surface area contributed by atoms with Gasteiger partial charge in [0.2, 0.25) is 5.89 Å². The zero-order valence-corrected chi connectivity index (χ0v) is 10.7. The quantitative estimate of drug-likeness (QED) is 0.924. The SMILES string of the molecule is CC(C)C(N)c1noc(Cc2ccc(F)cc2F)n1. The maximum atomic E-state index is 13.5.